The summed E-state index contributed by atoms with van der Waals surface area (Å²) in [6, 6.07) is 29.9. The summed E-state index contributed by atoms with van der Waals surface area (Å²) in [7, 11) is 2.15. The van der Waals surface area contributed by atoms with Crippen LogP contribution in [0.25, 0.3) is 21.8 Å². The summed E-state index contributed by atoms with van der Waals surface area (Å²) in [4.78, 5) is 40.6. The standard InChI is InChI=1S/C29H37ClN4O.C23H34N4O/c1-2-13-31-15-17-33(18-16-31)29(35)25-7-5-14-32(21-25)22-27-19-24-6-3-4-8-28(24)34(27)20-23-9-11-26(30)12-10-23;1-3-10-25-12-14-27(15-13-25)23(28)20-8-6-11-26(17-20)18-21-16-19-7-4-5-9-22(19)24(21)2/h3-4,6,8-12,19,25H,2,5,7,13-18,20-22H2,1H3;4-5,7,9,16,20H,3,6,8,10-15,17-18H2,1-2H3. The second kappa shape index (κ2) is 21.7. The topological polar surface area (TPSA) is 63.4 Å². The number of piperazine rings is 2. The van der Waals surface area contributed by atoms with E-state index in [4.69, 9.17) is 11.6 Å². The van der Waals surface area contributed by atoms with Crippen molar-refractivity contribution in [3.05, 3.63) is 107 Å². The monoisotopic (exact) mass is 875 g/mol. The van der Waals surface area contributed by atoms with E-state index in [9.17, 15) is 9.59 Å². The highest BCUT2D eigenvalue weighted by atomic mass is 35.5. The van der Waals surface area contributed by atoms with Gasteiger partial charge in [0.05, 0.1) is 11.8 Å². The molecule has 2 amide bonds. The lowest BCUT2D eigenvalue weighted by Gasteiger charge is -2.39. The smallest absolute Gasteiger partial charge is 0.227 e. The third-order valence-corrected chi connectivity index (χ3v) is 14.4. The quantitative estimate of drug-likeness (QED) is 0.127. The molecule has 4 fully saturated rings. The van der Waals surface area contributed by atoms with E-state index in [0.29, 0.717) is 11.8 Å². The molecule has 4 saturated heterocycles. The third kappa shape index (κ3) is 11.4. The number of piperidine rings is 2. The van der Waals surface area contributed by atoms with Gasteiger partial charge in [-0.15, -0.1) is 0 Å². The van der Waals surface area contributed by atoms with Crippen LogP contribution in [0.1, 0.15) is 69.3 Å². The number of fused-ring (bicyclic) bond motifs is 2. The summed E-state index contributed by atoms with van der Waals surface area (Å²) in [6.45, 7) is 20.9. The van der Waals surface area contributed by atoms with Gasteiger partial charge in [0.2, 0.25) is 11.8 Å². The lowest BCUT2D eigenvalue weighted by molar-refractivity contribution is -0.140. The summed E-state index contributed by atoms with van der Waals surface area (Å²) in [5, 5.41) is 3.34. The van der Waals surface area contributed by atoms with Crippen molar-refractivity contribution in [1.29, 1.82) is 0 Å². The molecule has 9 rings (SSSR count). The van der Waals surface area contributed by atoms with Gasteiger partial charge >= 0.3 is 0 Å². The number of amides is 2. The first-order valence-electron chi connectivity index (χ1n) is 24.1. The number of halogens is 1. The summed E-state index contributed by atoms with van der Waals surface area (Å²) in [6.07, 6.45) is 6.64. The molecule has 2 aromatic heterocycles. The first-order valence-corrected chi connectivity index (χ1v) is 24.5. The molecule has 0 spiro atoms. The fourth-order valence-electron chi connectivity index (χ4n) is 10.6. The van der Waals surface area contributed by atoms with Crippen LogP contribution in [0.5, 0.6) is 0 Å². The number of para-hydroxylation sites is 2. The van der Waals surface area contributed by atoms with Crippen LogP contribution in [0, 0.1) is 11.8 Å². The Labute approximate surface area is 381 Å². The zero-order chi connectivity index (χ0) is 43.7. The van der Waals surface area contributed by atoms with E-state index in [1.807, 2.05) is 12.1 Å². The zero-order valence-electron chi connectivity index (χ0n) is 38.3. The molecule has 5 aromatic rings. The maximum absolute atomic E-state index is 13.4. The fraction of sp³-hybridized carbons (Fsp3) is 0.538. The Hall–Kier alpha value is -4.19. The molecule has 0 bridgehead atoms. The van der Waals surface area contributed by atoms with Crippen LogP contribution >= 0.6 is 11.6 Å². The molecule has 2 unspecified atom stereocenters. The van der Waals surface area contributed by atoms with Gasteiger partial charge in [-0.1, -0.05) is 74.0 Å². The molecular weight excluding hydrogens is 804 g/mol. The highest BCUT2D eigenvalue weighted by Gasteiger charge is 2.33. The largest absolute Gasteiger partial charge is 0.346 e. The van der Waals surface area contributed by atoms with Crippen molar-refractivity contribution in [3.63, 3.8) is 0 Å². The Kier molecular flexibility index (Phi) is 15.6. The molecule has 6 heterocycles. The molecule has 0 saturated carbocycles. The molecule has 0 N–H and O–H groups in total. The Balaban J connectivity index is 0.000000177. The number of carbonyl (C=O) groups is 2. The van der Waals surface area contributed by atoms with Crippen LogP contribution in [0.15, 0.2) is 84.9 Å². The van der Waals surface area contributed by atoms with Crippen molar-refractivity contribution in [2.75, 3.05) is 91.6 Å². The van der Waals surface area contributed by atoms with Crippen LogP contribution in [0.4, 0.5) is 0 Å². The van der Waals surface area contributed by atoms with Gasteiger partial charge in [0.15, 0.2) is 0 Å². The van der Waals surface area contributed by atoms with E-state index in [1.54, 1.807) is 0 Å². The number of hydrogen-bond acceptors (Lipinski definition) is 6. The van der Waals surface area contributed by atoms with Crippen molar-refractivity contribution >= 4 is 45.2 Å². The molecule has 0 radical (unpaired) electrons. The maximum atomic E-state index is 13.4. The van der Waals surface area contributed by atoms with Gasteiger partial charge < -0.3 is 18.9 Å². The lowest BCUT2D eigenvalue weighted by Crippen LogP contribution is -2.52. The lowest BCUT2D eigenvalue weighted by atomic mass is 9.96. The predicted octanol–water partition coefficient (Wildman–Crippen LogP) is 8.05. The summed E-state index contributed by atoms with van der Waals surface area (Å²) in [5.74, 6) is 1.04. The average molecular weight is 876 g/mol. The Morgan fingerprint density at radius 3 is 1.56 bits per heavy atom. The van der Waals surface area contributed by atoms with E-state index in [0.717, 1.165) is 142 Å². The maximum Gasteiger partial charge on any atom is 0.227 e. The summed E-state index contributed by atoms with van der Waals surface area (Å²) in [5.41, 5.74) is 6.43. The Morgan fingerprint density at radius 2 is 1.03 bits per heavy atom. The highest BCUT2D eigenvalue weighted by Crippen LogP contribution is 2.28. The minimum atomic E-state index is 0.121. The molecule has 2 atom stereocenters. The molecule has 4 aliphatic rings. The van der Waals surface area contributed by atoms with Crippen molar-refractivity contribution in [1.82, 2.24) is 38.5 Å². The van der Waals surface area contributed by atoms with Crippen molar-refractivity contribution < 1.29 is 9.59 Å². The van der Waals surface area contributed by atoms with Crippen LogP contribution in [0.2, 0.25) is 5.02 Å². The van der Waals surface area contributed by atoms with Crippen molar-refractivity contribution in [2.45, 2.75) is 72.0 Å². The van der Waals surface area contributed by atoms with E-state index >= 15 is 0 Å². The number of likely N-dealkylation sites (tertiary alicyclic amines) is 2. The number of aryl methyl sites for hydroxylation is 1. The van der Waals surface area contributed by atoms with E-state index < -0.39 is 0 Å². The predicted molar refractivity (Wildman–Crippen MR) is 258 cm³/mol. The van der Waals surface area contributed by atoms with E-state index in [2.05, 4.69) is 132 Å². The highest BCUT2D eigenvalue weighted by molar-refractivity contribution is 6.30. The SMILES string of the molecule is CCCN1CCN(C(=O)C2CCCN(Cc3cc4ccccc4n3C)C2)CC1.CCCN1CCN(C(=O)C2CCCN(Cc3cc4ccccc4n3Cc3ccc(Cl)cc3)C2)CC1. The second-order valence-electron chi connectivity index (χ2n) is 18.6. The van der Waals surface area contributed by atoms with Gasteiger partial charge in [0, 0.05) is 120 Å². The number of hydrogen-bond donors (Lipinski definition) is 0. The number of nitrogens with zero attached hydrogens (tertiary/aromatic N) is 8. The third-order valence-electron chi connectivity index (χ3n) is 14.1. The number of carbonyl (C=O) groups excluding carboxylic acids is 2. The fourth-order valence-corrected chi connectivity index (χ4v) is 10.8. The summed E-state index contributed by atoms with van der Waals surface area (Å²) >= 11 is 6.12. The minimum Gasteiger partial charge on any atom is -0.346 e. The Bertz CT molecular complexity index is 2250. The van der Waals surface area contributed by atoms with Gasteiger partial charge in [-0.05, 0) is 117 Å². The molecule has 0 aliphatic carbocycles. The molecule has 3 aromatic carbocycles. The zero-order valence-corrected chi connectivity index (χ0v) is 39.0. The molecule has 11 heteroatoms. The van der Waals surface area contributed by atoms with Gasteiger partial charge in [-0.25, -0.2) is 0 Å². The average Bonchev–Trinajstić information content (AvgIpc) is 3.82. The first kappa shape index (κ1) is 45.4. The van der Waals surface area contributed by atoms with Gasteiger partial charge in [0.1, 0.15) is 0 Å². The van der Waals surface area contributed by atoms with Crippen LogP contribution in [-0.2, 0) is 36.3 Å². The molecule has 10 nitrogen and oxygen atoms in total. The summed E-state index contributed by atoms with van der Waals surface area (Å²) < 4.78 is 4.73. The first-order chi connectivity index (χ1) is 30.8. The molecular formula is C52H71ClN8O2. The molecule has 4 aliphatic heterocycles. The van der Waals surface area contributed by atoms with Crippen LogP contribution in [-0.4, -0.2) is 142 Å². The molecule has 63 heavy (non-hydrogen) atoms. The van der Waals surface area contributed by atoms with E-state index in [-0.39, 0.29) is 11.8 Å². The van der Waals surface area contributed by atoms with Crippen LogP contribution in [0.3, 0.4) is 0 Å². The van der Waals surface area contributed by atoms with Crippen molar-refractivity contribution in [3.8, 4) is 0 Å². The second-order valence-corrected chi connectivity index (χ2v) is 19.1. The number of rotatable bonds is 12. The number of aromatic nitrogens is 2. The van der Waals surface area contributed by atoms with Crippen LogP contribution < -0.4 is 0 Å². The Morgan fingerprint density at radius 1 is 0.556 bits per heavy atom. The van der Waals surface area contributed by atoms with Gasteiger partial charge in [0.25, 0.3) is 0 Å². The van der Waals surface area contributed by atoms with Gasteiger partial charge in [-0.3, -0.25) is 29.2 Å². The normalized spacial score (nSPS) is 20.9. The minimum absolute atomic E-state index is 0.121. The van der Waals surface area contributed by atoms with Crippen molar-refractivity contribution in [2.24, 2.45) is 18.9 Å². The molecule has 338 valence electrons. The van der Waals surface area contributed by atoms with E-state index in [1.165, 1.54) is 51.6 Å². The number of benzene rings is 3. The van der Waals surface area contributed by atoms with Gasteiger partial charge in [-0.2, -0.15) is 0 Å².